The molecular formula is C15H23NO2. The molecule has 3 nitrogen and oxygen atoms in total. The Hall–Kier alpha value is -1.06. The molecule has 2 atom stereocenters. The second-order valence-corrected chi connectivity index (χ2v) is 4.35. The van der Waals surface area contributed by atoms with Gasteiger partial charge in [0.2, 0.25) is 1.43 Å². The van der Waals surface area contributed by atoms with E-state index in [0.29, 0.717) is 0 Å². The van der Waals surface area contributed by atoms with Crippen LogP contribution < -0.4 is 0 Å². The first kappa shape index (κ1) is 4.80. The molecule has 100 valence electrons. The molecule has 1 aliphatic rings. The van der Waals surface area contributed by atoms with Gasteiger partial charge in [-0.1, -0.05) is 25.0 Å². The van der Waals surface area contributed by atoms with Gasteiger partial charge in [-0.15, -0.1) is 0 Å². The zero-order chi connectivity index (χ0) is 23.2. The van der Waals surface area contributed by atoms with E-state index in [1.54, 1.807) is 0 Å². The summed E-state index contributed by atoms with van der Waals surface area (Å²) < 4.78 is 94.6. The summed E-state index contributed by atoms with van der Waals surface area (Å²) in [6, 6.07) is 5.32. The Kier molecular flexibility index (Phi) is 1.41. The molecule has 0 heterocycles. The van der Waals surface area contributed by atoms with Crippen molar-refractivity contribution < 1.29 is 23.9 Å². The van der Waals surface area contributed by atoms with Crippen molar-refractivity contribution in [1.82, 2.24) is 4.90 Å². The highest BCUT2D eigenvalue weighted by Gasteiger charge is 2.40. The number of nitrogens with zero attached hydrogens (tertiary/aromatic N) is 1. The van der Waals surface area contributed by atoms with Gasteiger partial charge in [0.15, 0.2) is 0 Å². The Bertz CT molecular complexity index is 736. The lowest BCUT2D eigenvalue weighted by atomic mass is 9.71. The average Bonchev–Trinajstić information content (AvgIpc) is 2.58. The normalized spacial score (nSPS) is 43.1. The highest BCUT2D eigenvalue weighted by atomic mass is 16.3. The molecule has 1 fully saturated rings. The van der Waals surface area contributed by atoms with E-state index in [0.717, 1.165) is 0 Å². The SMILES string of the molecule is [2H]Oc1cccc([C@@]2(O[2H])[C@H](C([2H])([2H])N(C([2H])([2H])[2H])C([2H])([2H])[2H])CCCC2([2H])[2H])c1. The van der Waals surface area contributed by atoms with Crippen molar-refractivity contribution >= 4 is 0 Å². The van der Waals surface area contributed by atoms with Gasteiger partial charge >= 0.3 is 0 Å². The van der Waals surface area contributed by atoms with Crippen LogP contribution in [0.4, 0.5) is 0 Å². The van der Waals surface area contributed by atoms with Crippen LogP contribution in [0.15, 0.2) is 24.3 Å². The van der Waals surface area contributed by atoms with Crippen molar-refractivity contribution in [2.45, 2.75) is 31.2 Å². The minimum atomic E-state index is -3.38. The maximum Gasteiger partial charge on any atom is 0.293 e. The number of benzene rings is 1. The van der Waals surface area contributed by atoms with E-state index in [2.05, 4.69) is 5.11 Å². The van der Waals surface area contributed by atoms with Crippen LogP contribution in [0.1, 0.15) is 44.9 Å². The first-order chi connectivity index (χ1) is 13.6. The van der Waals surface area contributed by atoms with Crippen LogP contribution in [0.3, 0.4) is 0 Å². The summed E-state index contributed by atoms with van der Waals surface area (Å²) in [5.74, 6) is -1.72. The molecule has 0 aliphatic heterocycles. The molecule has 0 spiro atoms. The molecule has 0 bridgehead atoms. The minimum absolute atomic E-state index is 0.0342. The van der Waals surface area contributed by atoms with E-state index < -0.39 is 38.3 Å². The molecule has 1 aromatic carbocycles. The lowest BCUT2D eigenvalue weighted by Crippen LogP contribution is -2.43. The fraction of sp³-hybridized carbons (Fsp3) is 0.600. The van der Waals surface area contributed by atoms with Gasteiger partial charge < -0.3 is 15.1 Å². The third-order valence-electron chi connectivity index (χ3n) is 3.10. The van der Waals surface area contributed by atoms with Gasteiger partial charge in [-0.05, 0) is 44.4 Å². The van der Waals surface area contributed by atoms with Crippen molar-refractivity contribution in [3.05, 3.63) is 29.8 Å². The Morgan fingerprint density at radius 3 is 3.33 bits per heavy atom. The Labute approximate surface area is 126 Å². The van der Waals surface area contributed by atoms with Crippen LogP contribution in [-0.4, -0.2) is 38.4 Å². The van der Waals surface area contributed by atoms with E-state index in [9.17, 15) is 0 Å². The van der Waals surface area contributed by atoms with Gasteiger partial charge in [-0.3, -0.25) is 0 Å². The van der Waals surface area contributed by atoms with Crippen LogP contribution >= 0.6 is 0 Å². The summed E-state index contributed by atoms with van der Waals surface area (Å²) >= 11 is 0. The van der Waals surface area contributed by atoms with E-state index in [4.69, 9.17) is 21.7 Å². The summed E-state index contributed by atoms with van der Waals surface area (Å²) in [5.41, 5.74) is -2.42. The van der Waals surface area contributed by atoms with E-state index in [1.807, 2.05) is 0 Å². The zero-order valence-corrected chi connectivity index (χ0v) is 9.77. The van der Waals surface area contributed by atoms with Crippen LogP contribution in [0.25, 0.3) is 0 Å². The second-order valence-electron chi connectivity index (χ2n) is 4.35. The maximum absolute atomic E-state index is 8.55. The van der Waals surface area contributed by atoms with Gasteiger partial charge in [-0.25, -0.2) is 0 Å². The molecule has 2 N–H and O–H groups in total. The first-order valence-electron chi connectivity index (χ1n) is 11.6. The summed E-state index contributed by atoms with van der Waals surface area (Å²) in [7, 11) is 0. The van der Waals surface area contributed by atoms with E-state index >= 15 is 0 Å². The molecule has 3 heteroatoms. The largest absolute Gasteiger partial charge is 0.508 e. The Morgan fingerprint density at radius 1 is 1.61 bits per heavy atom. The summed E-state index contributed by atoms with van der Waals surface area (Å²) in [6.45, 7) is -9.87. The quantitative estimate of drug-likeness (QED) is 0.855. The number of rotatable bonds is 5. The molecule has 0 aromatic heterocycles. The molecule has 0 saturated heterocycles. The van der Waals surface area contributed by atoms with Crippen molar-refractivity contribution in [1.29, 1.82) is 2.86 Å². The van der Waals surface area contributed by atoms with E-state index in [1.165, 1.54) is 24.3 Å². The lowest BCUT2D eigenvalue weighted by Gasteiger charge is -2.41. The predicted octanol–water partition coefficient (Wildman–Crippen LogP) is 2.33. The first-order valence-corrected chi connectivity index (χ1v) is 5.74. The minimum Gasteiger partial charge on any atom is -0.508 e. The molecule has 0 radical (unpaired) electrons. The van der Waals surface area contributed by atoms with Crippen LogP contribution in [0.5, 0.6) is 5.75 Å². The molecule has 1 aliphatic carbocycles. The second kappa shape index (κ2) is 5.29. The predicted molar refractivity (Wildman–Crippen MR) is 72.5 cm³/mol. The Morgan fingerprint density at radius 2 is 2.56 bits per heavy atom. The van der Waals surface area contributed by atoms with Gasteiger partial charge in [0.1, 0.15) is 5.75 Å². The smallest absolute Gasteiger partial charge is 0.293 e. The summed E-state index contributed by atoms with van der Waals surface area (Å²) in [6.07, 6.45) is -2.51. The van der Waals surface area contributed by atoms with Gasteiger partial charge in [-0.2, -0.15) is 0 Å². The fourth-order valence-corrected chi connectivity index (χ4v) is 2.25. The third-order valence-corrected chi connectivity index (χ3v) is 3.10. The highest BCUT2D eigenvalue weighted by Crippen LogP contribution is 2.42. The highest BCUT2D eigenvalue weighted by molar-refractivity contribution is 5.32. The molecule has 18 heavy (non-hydrogen) atoms. The standard InChI is InChI=1S/C15H23NO2/c1-16(2)11-13-6-3-4-9-15(13,18)12-7-5-8-14(17)10-12/h5,7-8,10,13,17-18H,3-4,6,9,11H2,1-2H3/t13-,15+/m0/s1/i1D3,2D3,9D2,11D2,18D/hD. The number of hydrogen-bond donors (Lipinski definition) is 2. The van der Waals surface area contributed by atoms with Crippen LogP contribution in [0.2, 0.25) is 0 Å². The summed E-state index contributed by atoms with van der Waals surface area (Å²) in [5, 5.41) is 9.29. The average molecular weight is 261 g/mol. The van der Waals surface area contributed by atoms with Gasteiger partial charge in [0.25, 0.3) is 1.43 Å². The molecule has 1 aromatic rings. The van der Waals surface area contributed by atoms with Gasteiger partial charge in [0.05, 0.1) is 5.60 Å². The van der Waals surface area contributed by atoms with Crippen molar-refractivity contribution in [3.63, 3.8) is 0 Å². The lowest BCUT2D eigenvalue weighted by molar-refractivity contribution is -0.0619. The van der Waals surface area contributed by atoms with Crippen LogP contribution in [0, 0.1) is 5.92 Å². The molecule has 1 saturated carbocycles. The maximum atomic E-state index is 8.55. The molecule has 0 amide bonds. The monoisotopic (exact) mass is 261 g/mol. The topological polar surface area (TPSA) is 43.7 Å². The van der Waals surface area contributed by atoms with Crippen molar-refractivity contribution in [3.8, 4) is 5.75 Å². The molecule has 2 rings (SSSR count). The number of aromatic hydroxyl groups is 1. The van der Waals surface area contributed by atoms with Crippen LogP contribution in [-0.2, 0) is 5.60 Å². The van der Waals surface area contributed by atoms with Gasteiger partial charge in [0, 0.05) is 26.1 Å². The van der Waals surface area contributed by atoms with Crippen molar-refractivity contribution in [2.24, 2.45) is 5.92 Å². The number of phenolic OH excluding ortho intramolecular Hbond substituents is 1. The van der Waals surface area contributed by atoms with Crippen molar-refractivity contribution in [2.75, 3.05) is 20.4 Å². The number of aliphatic hydroxyl groups is 1. The summed E-state index contributed by atoms with van der Waals surface area (Å²) in [4.78, 5) is -0.238. The fourth-order valence-electron chi connectivity index (χ4n) is 2.25. The molecular weight excluding hydrogens is 226 g/mol. The van der Waals surface area contributed by atoms with E-state index in [-0.39, 0.29) is 35.5 Å². The third kappa shape index (κ3) is 2.68. The Balaban J connectivity index is 2.79. The molecule has 0 unspecified atom stereocenters. The number of hydrogen-bond acceptors (Lipinski definition) is 3. The zero-order valence-electron chi connectivity index (χ0n) is 21.8. The number of phenols is 1.